The molecular formula is C24H30BrClFN3O5Si. The fourth-order valence-electron chi connectivity index (χ4n) is 3.27. The molecule has 1 amide bonds. The first-order valence-corrected chi connectivity index (χ1v) is 15.3. The lowest BCUT2D eigenvalue weighted by Crippen LogP contribution is -2.44. The molecule has 1 atom stereocenters. The number of amides is 1. The average molecular weight is 603 g/mol. The normalized spacial score (nSPS) is 13.2. The summed E-state index contributed by atoms with van der Waals surface area (Å²) in [7, 11) is -0.572. The van der Waals surface area contributed by atoms with Crippen molar-refractivity contribution in [2.24, 2.45) is 7.05 Å². The van der Waals surface area contributed by atoms with Crippen LogP contribution in [0.5, 0.6) is 0 Å². The summed E-state index contributed by atoms with van der Waals surface area (Å²) in [6.45, 7) is 12.6. The molecule has 8 nitrogen and oxygen atoms in total. The zero-order valence-corrected chi connectivity index (χ0v) is 24.6. The molecule has 0 aliphatic heterocycles. The van der Waals surface area contributed by atoms with Gasteiger partial charge in [-0.05, 0) is 43.3 Å². The molecule has 3 aromatic rings. The van der Waals surface area contributed by atoms with E-state index >= 15 is 0 Å². The van der Waals surface area contributed by atoms with Gasteiger partial charge in [-0.3, -0.25) is 14.4 Å². The number of hydrogen-bond acceptors (Lipinski definition) is 6. The molecule has 2 heterocycles. The van der Waals surface area contributed by atoms with Crippen molar-refractivity contribution in [1.29, 1.82) is 0 Å². The molecule has 0 aliphatic carbocycles. The number of fused-ring (bicyclic) bond motifs is 1. The van der Waals surface area contributed by atoms with Gasteiger partial charge < -0.3 is 18.7 Å². The van der Waals surface area contributed by atoms with Crippen LogP contribution in [0.2, 0.25) is 23.2 Å². The Bertz CT molecular complexity index is 1350. The lowest BCUT2D eigenvalue weighted by molar-refractivity contribution is -0.00463. The molecule has 0 aliphatic rings. The van der Waals surface area contributed by atoms with Gasteiger partial charge >= 0.3 is 5.91 Å². The number of carbonyl (C=O) groups is 1. The van der Waals surface area contributed by atoms with Gasteiger partial charge in [0.1, 0.15) is 11.2 Å². The van der Waals surface area contributed by atoms with Gasteiger partial charge in [0.15, 0.2) is 19.7 Å². The maximum absolute atomic E-state index is 14.6. The zero-order chi connectivity index (χ0) is 27.0. The smallest absolute Gasteiger partial charge is 0.312 e. The molecular weight excluding hydrogens is 573 g/mol. The van der Waals surface area contributed by atoms with E-state index in [1.54, 1.807) is 18.2 Å². The Morgan fingerprint density at radius 2 is 1.97 bits per heavy atom. The van der Waals surface area contributed by atoms with Gasteiger partial charge in [0.25, 0.3) is 5.56 Å². The molecule has 0 saturated heterocycles. The average Bonchev–Trinajstić information content (AvgIpc) is 3.13. The number of hydrogen-bond donors (Lipinski definition) is 2. The van der Waals surface area contributed by atoms with Crippen molar-refractivity contribution < 1.29 is 22.9 Å². The number of anilines is 2. The van der Waals surface area contributed by atoms with Crippen molar-refractivity contribution in [2.75, 3.05) is 11.9 Å². The third-order valence-corrected chi connectivity index (χ3v) is 11.6. The summed E-state index contributed by atoms with van der Waals surface area (Å²) in [4.78, 5) is 30.7. The van der Waals surface area contributed by atoms with E-state index in [-0.39, 0.29) is 40.3 Å². The van der Waals surface area contributed by atoms with E-state index in [9.17, 15) is 14.0 Å². The van der Waals surface area contributed by atoms with Crippen molar-refractivity contribution in [3.8, 4) is 0 Å². The first kappa shape index (κ1) is 28.4. The number of nitrogens with zero attached hydrogens (tertiary/aromatic N) is 1. The third-order valence-electron chi connectivity index (χ3n) is 6.20. The summed E-state index contributed by atoms with van der Waals surface area (Å²) in [5, 5.41) is 3.36. The number of carbonyl (C=O) groups excluding carboxylic acids is 1. The molecule has 2 N–H and O–H groups in total. The van der Waals surface area contributed by atoms with Crippen LogP contribution >= 0.6 is 27.5 Å². The van der Waals surface area contributed by atoms with Crippen molar-refractivity contribution >= 4 is 64.2 Å². The van der Waals surface area contributed by atoms with E-state index in [0.29, 0.717) is 10.7 Å². The first-order chi connectivity index (χ1) is 16.6. The molecule has 0 radical (unpaired) electrons. The Morgan fingerprint density at radius 1 is 1.31 bits per heavy atom. The topological polar surface area (TPSA) is 94.7 Å². The highest BCUT2D eigenvalue weighted by molar-refractivity contribution is 9.10. The van der Waals surface area contributed by atoms with E-state index in [0.717, 1.165) is 10.5 Å². The van der Waals surface area contributed by atoms with Crippen molar-refractivity contribution in [3.05, 3.63) is 55.7 Å². The van der Waals surface area contributed by atoms with Crippen LogP contribution in [0.15, 0.2) is 37.9 Å². The number of halogens is 3. The third kappa shape index (κ3) is 6.03. The zero-order valence-electron chi connectivity index (χ0n) is 21.2. The van der Waals surface area contributed by atoms with E-state index in [4.69, 9.17) is 25.3 Å². The monoisotopic (exact) mass is 601 g/mol. The lowest BCUT2D eigenvalue weighted by atomic mass is 10.2. The number of benzene rings is 1. The van der Waals surface area contributed by atoms with Gasteiger partial charge in [-0.25, -0.2) is 9.87 Å². The van der Waals surface area contributed by atoms with Crippen LogP contribution in [0, 0.1) is 5.82 Å². The molecule has 0 fully saturated rings. The second-order valence-corrected chi connectivity index (χ2v) is 16.1. The summed E-state index contributed by atoms with van der Waals surface area (Å²) in [6.07, 6.45) is -0.278. The highest BCUT2D eigenvalue weighted by Gasteiger charge is 2.38. The Morgan fingerprint density at radius 3 is 2.58 bits per heavy atom. The molecule has 196 valence electrons. The van der Waals surface area contributed by atoms with E-state index in [2.05, 4.69) is 60.6 Å². The predicted octanol–water partition coefficient (Wildman–Crippen LogP) is 6.50. The SMILES string of the molecule is C[C@@H](CONC(=O)c1oc2c(F)cc(=O)n(C)c2c1Nc1ccc(Br)cc1Cl)O[Si](C)(C)C(C)(C)C. The Kier molecular flexibility index (Phi) is 8.41. The second kappa shape index (κ2) is 10.7. The lowest BCUT2D eigenvalue weighted by Gasteiger charge is -2.38. The van der Waals surface area contributed by atoms with Crippen LogP contribution in [0.4, 0.5) is 15.8 Å². The van der Waals surface area contributed by atoms with Gasteiger partial charge in [0, 0.05) is 17.6 Å². The van der Waals surface area contributed by atoms with Crippen LogP contribution in [-0.2, 0) is 16.3 Å². The molecule has 1 aromatic carbocycles. The van der Waals surface area contributed by atoms with E-state index in [1.807, 2.05) is 6.92 Å². The van der Waals surface area contributed by atoms with Gasteiger partial charge in [-0.1, -0.05) is 48.3 Å². The van der Waals surface area contributed by atoms with Gasteiger partial charge in [0.05, 0.1) is 23.4 Å². The minimum atomic E-state index is -2.02. The predicted molar refractivity (Wildman–Crippen MR) is 145 cm³/mol. The van der Waals surface area contributed by atoms with Gasteiger partial charge in [-0.15, -0.1) is 0 Å². The summed E-state index contributed by atoms with van der Waals surface area (Å²) < 4.78 is 28.4. The van der Waals surface area contributed by atoms with Crippen LogP contribution in [0.1, 0.15) is 38.2 Å². The Labute approximate surface area is 223 Å². The maximum Gasteiger partial charge on any atom is 0.312 e. The number of nitrogens with one attached hydrogen (secondary N) is 2. The fourth-order valence-corrected chi connectivity index (χ4v) is 5.42. The molecule has 0 bridgehead atoms. The van der Waals surface area contributed by atoms with Crippen molar-refractivity contribution in [3.63, 3.8) is 0 Å². The van der Waals surface area contributed by atoms with Crippen LogP contribution in [0.25, 0.3) is 11.1 Å². The van der Waals surface area contributed by atoms with E-state index < -0.39 is 25.6 Å². The molecule has 0 saturated carbocycles. The van der Waals surface area contributed by atoms with Crippen LogP contribution < -0.4 is 16.4 Å². The number of aromatic nitrogens is 1. The highest BCUT2D eigenvalue weighted by atomic mass is 79.9. The van der Waals surface area contributed by atoms with E-state index in [1.165, 1.54) is 11.6 Å². The molecule has 2 aromatic heterocycles. The molecule has 0 spiro atoms. The number of aryl methyl sites for hydroxylation is 1. The number of hydroxylamine groups is 1. The summed E-state index contributed by atoms with van der Waals surface area (Å²) in [6, 6.07) is 5.85. The highest BCUT2D eigenvalue weighted by Crippen LogP contribution is 2.38. The molecule has 0 unspecified atom stereocenters. The Balaban J connectivity index is 1.89. The minimum Gasteiger partial charge on any atom is -0.444 e. The Hall–Kier alpha value is -2.18. The quantitative estimate of drug-likeness (QED) is 0.226. The fraction of sp³-hybridized carbons (Fsp3) is 0.417. The molecule has 36 heavy (non-hydrogen) atoms. The first-order valence-electron chi connectivity index (χ1n) is 11.3. The second-order valence-electron chi connectivity index (χ2n) is 10.1. The van der Waals surface area contributed by atoms with Crippen molar-refractivity contribution in [1.82, 2.24) is 10.0 Å². The maximum atomic E-state index is 14.6. The summed E-state index contributed by atoms with van der Waals surface area (Å²) in [5.74, 6) is -1.94. The van der Waals surface area contributed by atoms with Crippen LogP contribution in [-0.4, -0.2) is 31.5 Å². The standard InChI is InChI=1S/C24H30BrClFN3O5Si/c1-13(35-36(6,7)24(2,3)4)12-33-29-23(32)22-19(28-17-9-8-14(25)10-15(17)26)20-21(34-22)16(27)11-18(31)30(20)5/h8-11,13,28H,12H2,1-7H3,(H,29,32)/t13-/m0/s1. The molecule has 12 heteroatoms. The van der Waals surface area contributed by atoms with Crippen molar-refractivity contribution in [2.45, 2.75) is 51.9 Å². The largest absolute Gasteiger partial charge is 0.444 e. The molecule has 3 rings (SSSR count). The number of pyridine rings is 1. The number of furan rings is 1. The van der Waals surface area contributed by atoms with Gasteiger partial charge in [-0.2, -0.15) is 0 Å². The number of rotatable bonds is 8. The minimum absolute atomic E-state index is 0.0215. The van der Waals surface area contributed by atoms with Crippen LogP contribution in [0.3, 0.4) is 0 Å². The van der Waals surface area contributed by atoms with Gasteiger partial charge in [0.2, 0.25) is 5.76 Å². The summed E-state index contributed by atoms with van der Waals surface area (Å²) in [5.41, 5.74) is 2.03. The summed E-state index contributed by atoms with van der Waals surface area (Å²) >= 11 is 9.67.